The SMILES string of the molecule is C=C(C)C[C@@H](C)c1ccc(O[C@@H]2CCN(c3ncnc(OCC4CC4)c3F)C2)cc1. The molecule has 2 atom stereocenters. The summed E-state index contributed by atoms with van der Waals surface area (Å²) in [6, 6.07) is 8.26. The van der Waals surface area contributed by atoms with E-state index in [-0.39, 0.29) is 12.0 Å². The minimum Gasteiger partial charge on any atom is -0.489 e. The van der Waals surface area contributed by atoms with Gasteiger partial charge in [0.2, 0.25) is 5.82 Å². The Morgan fingerprint density at radius 2 is 2.00 bits per heavy atom. The van der Waals surface area contributed by atoms with Crippen molar-refractivity contribution in [3.63, 3.8) is 0 Å². The van der Waals surface area contributed by atoms with E-state index in [9.17, 15) is 4.39 Å². The molecule has 0 N–H and O–H groups in total. The molecule has 1 saturated carbocycles. The molecule has 2 aliphatic rings. The predicted octanol–water partition coefficient (Wildman–Crippen LogP) is 5.13. The number of rotatable bonds is 9. The second kappa shape index (κ2) is 9.02. The highest BCUT2D eigenvalue weighted by molar-refractivity contribution is 5.44. The van der Waals surface area contributed by atoms with Crippen LogP contribution in [0.15, 0.2) is 42.7 Å². The van der Waals surface area contributed by atoms with E-state index in [0.717, 1.165) is 31.4 Å². The van der Waals surface area contributed by atoms with E-state index in [2.05, 4.69) is 42.5 Å². The smallest absolute Gasteiger partial charge is 0.255 e. The average molecular weight is 412 g/mol. The highest BCUT2D eigenvalue weighted by atomic mass is 19.1. The summed E-state index contributed by atoms with van der Waals surface area (Å²) in [5.41, 5.74) is 2.46. The van der Waals surface area contributed by atoms with Crippen molar-refractivity contribution >= 4 is 5.82 Å². The Hall–Kier alpha value is -2.63. The number of halogens is 1. The molecule has 2 fully saturated rings. The normalized spacial score (nSPS) is 19.6. The van der Waals surface area contributed by atoms with Gasteiger partial charge >= 0.3 is 0 Å². The molecular weight excluding hydrogens is 381 g/mol. The maximum absolute atomic E-state index is 14.8. The van der Waals surface area contributed by atoms with E-state index in [4.69, 9.17) is 9.47 Å². The second-order valence-corrected chi connectivity index (χ2v) is 8.68. The molecule has 1 aromatic heterocycles. The van der Waals surface area contributed by atoms with E-state index < -0.39 is 5.82 Å². The lowest BCUT2D eigenvalue weighted by molar-refractivity contribution is 0.224. The largest absolute Gasteiger partial charge is 0.489 e. The number of hydrogen-bond donors (Lipinski definition) is 0. The number of nitrogens with zero attached hydrogens (tertiary/aromatic N) is 3. The lowest BCUT2D eigenvalue weighted by atomic mass is 9.95. The number of hydrogen-bond acceptors (Lipinski definition) is 5. The van der Waals surface area contributed by atoms with Crippen molar-refractivity contribution in [3.05, 3.63) is 54.1 Å². The summed E-state index contributed by atoms with van der Waals surface area (Å²) < 4.78 is 26.5. The fourth-order valence-corrected chi connectivity index (χ4v) is 3.87. The van der Waals surface area contributed by atoms with Gasteiger partial charge in [-0.3, -0.25) is 0 Å². The Morgan fingerprint density at radius 1 is 1.23 bits per heavy atom. The van der Waals surface area contributed by atoms with Crippen molar-refractivity contribution in [2.75, 3.05) is 24.6 Å². The van der Waals surface area contributed by atoms with Crippen LogP contribution in [0.25, 0.3) is 0 Å². The number of anilines is 1. The third kappa shape index (κ3) is 5.10. The first-order chi connectivity index (χ1) is 14.5. The van der Waals surface area contributed by atoms with Crippen LogP contribution in [0.4, 0.5) is 10.2 Å². The molecule has 160 valence electrons. The Morgan fingerprint density at radius 3 is 2.70 bits per heavy atom. The summed E-state index contributed by atoms with van der Waals surface area (Å²) in [5, 5.41) is 0. The molecule has 30 heavy (non-hydrogen) atoms. The molecule has 0 unspecified atom stereocenters. The molecular formula is C24H30FN3O2. The Balaban J connectivity index is 1.34. The van der Waals surface area contributed by atoms with Gasteiger partial charge in [0.05, 0.1) is 13.2 Å². The zero-order valence-corrected chi connectivity index (χ0v) is 17.8. The quantitative estimate of drug-likeness (QED) is 0.535. The van der Waals surface area contributed by atoms with E-state index in [1.165, 1.54) is 17.5 Å². The van der Waals surface area contributed by atoms with Crippen molar-refractivity contribution in [2.45, 2.75) is 51.6 Å². The summed E-state index contributed by atoms with van der Waals surface area (Å²) >= 11 is 0. The van der Waals surface area contributed by atoms with Crippen molar-refractivity contribution in [2.24, 2.45) is 5.92 Å². The van der Waals surface area contributed by atoms with E-state index in [1.807, 2.05) is 17.0 Å². The lowest BCUT2D eigenvalue weighted by Gasteiger charge is -2.19. The molecule has 0 amide bonds. The summed E-state index contributed by atoms with van der Waals surface area (Å²) in [7, 11) is 0. The van der Waals surface area contributed by atoms with Crippen LogP contribution in [0.2, 0.25) is 0 Å². The zero-order chi connectivity index (χ0) is 21.1. The lowest BCUT2D eigenvalue weighted by Crippen LogP contribution is -2.26. The zero-order valence-electron chi connectivity index (χ0n) is 17.8. The maximum Gasteiger partial charge on any atom is 0.255 e. The summed E-state index contributed by atoms with van der Waals surface area (Å²) in [6.45, 7) is 10.1. The average Bonchev–Trinajstić information content (AvgIpc) is 3.44. The molecule has 1 aliphatic heterocycles. The van der Waals surface area contributed by atoms with Crippen molar-refractivity contribution in [1.82, 2.24) is 9.97 Å². The fraction of sp³-hybridized carbons (Fsp3) is 0.500. The first kappa shape index (κ1) is 20.6. The van der Waals surface area contributed by atoms with E-state index in [1.54, 1.807) is 0 Å². The topological polar surface area (TPSA) is 47.5 Å². The summed E-state index contributed by atoms with van der Waals surface area (Å²) in [6.07, 6.45) is 5.47. The minimum atomic E-state index is -0.477. The molecule has 1 aromatic carbocycles. The highest BCUT2D eigenvalue weighted by Gasteiger charge is 2.29. The van der Waals surface area contributed by atoms with E-state index >= 15 is 0 Å². The van der Waals surface area contributed by atoms with Crippen LogP contribution >= 0.6 is 0 Å². The van der Waals surface area contributed by atoms with Gasteiger partial charge in [0.25, 0.3) is 5.88 Å². The fourth-order valence-electron chi connectivity index (χ4n) is 3.87. The van der Waals surface area contributed by atoms with Crippen LogP contribution in [-0.4, -0.2) is 35.8 Å². The van der Waals surface area contributed by atoms with Gasteiger partial charge in [0.1, 0.15) is 18.2 Å². The number of aromatic nitrogens is 2. The highest BCUT2D eigenvalue weighted by Crippen LogP contribution is 2.32. The molecule has 1 saturated heterocycles. The van der Waals surface area contributed by atoms with Gasteiger partial charge in [-0.05, 0) is 55.7 Å². The third-order valence-electron chi connectivity index (χ3n) is 5.74. The predicted molar refractivity (Wildman–Crippen MR) is 116 cm³/mol. The molecule has 0 radical (unpaired) electrons. The van der Waals surface area contributed by atoms with Crippen LogP contribution in [-0.2, 0) is 0 Å². The van der Waals surface area contributed by atoms with Gasteiger partial charge in [-0.15, -0.1) is 6.58 Å². The van der Waals surface area contributed by atoms with Gasteiger partial charge < -0.3 is 14.4 Å². The molecule has 5 nitrogen and oxygen atoms in total. The van der Waals surface area contributed by atoms with Gasteiger partial charge in [0, 0.05) is 13.0 Å². The summed E-state index contributed by atoms with van der Waals surface area (Å²) in [4.78, 5) is 10.0. The van der Waals surface area contributed by atoms with Gasteiger partial charge in [-0.1, -0.05) is 24.6 Å². The third-order valence-corrected chi connectivity index (χ3v) is 5.74. The van der Waals surface area contributed by atoms with Gasteiger partial charge in [-0.25, -0.2) is 4.98 Å². The molecule has 0 spiro atoms. The first-order valence-electron chi connectivity index (χ1n) is 10.8. The number of allylic oxidation sites excluding steroid dienone is 1. The van der Waals surface area contributed by atoms with Crippen LogP contribution in [0.5, 0.6) is 11.6 Å². The van der Waals surface area contributed by atoms with Crippen LogP contribution in [0.3, 0.4) is 0 Å². The molecule has 2 heterocycles. The van der Waals surface area contributed by atoms with Crippen molar-refractivity contribution < 1.29 is 13.9 Å². The maximum atomic E-state index is 14.8. The molecule has 2 aromatic rings. The molecule has 6 heteroatoms. The van der Waals surface area contributed by atoms with Crippen molar-refractivity contribution in [3.8, 4) is 11.6 Å². The van der Waals surface area contributed by atoms with E-state index in [0.29, 0.717) is 37.4 Å². The standard InChI is InChI=1S/C24H30FN3O2/c1-16(2)12-17(3)19-6-8-20(9-7-19)30-21-10-11-28(13-21)23-22(25)24(27-15-26-23)29-14-18-4-5-18/h6-9,15,17-18,21H,1,4-5,10-14H2,2-3H3/t17-,21-/m1/s1. The van der Waals surface area contributed by atoms with Crippen LogP contribution in [0, 0.1) is 11.7 Å². The van der Waals surface area contributed by atoms with Gasteiger partial charge in [-0.2, -0.15) is 9.37 Å². The number of ether oxygens (including phenoxy) is 2. The van der Waals surface area contributed by atoms with Crippen LogP contribution in [0.1, 0.15) is 51.0 Å². The number of benzene rings is 1. The Bertz CT molecular complexity index is 883. The monoisotopic (exact) mass is 411 g/mol. The second-order valence-electron chi connectivity index (χ2n) is 8.68. The Kier molecular flexibility index (Phi) is 6.21. The molecule has 4 rings (SSSR count). The molecule has 0 bridgehead atoms. The Labute approximate surface area is 177 Å². The van der Waals surface area contributed by atoms with Gasteiger partial charge in [0.15, 0.2) is 5.82 Å². The van der Waals surface area contributed by atoms with Crippen molar-refractivity contribution in [1.29, 1.82) is 0 Å². The summed E-state index contributed by atoms with van der Waals surface area (Å²) in [5.74, 6) is 1.69. The van der Waals surface area contributed by atoms with Crippen LogP contribution < -0.4 is 14.4 Å². The minimum absolute atomic E-state index is 0.00566. The molecule has 1 aliphatic carbocycles. The first-order valence-corrected chi connectivity index (χ1v) is 10.8.